The molecule has 4 heteroatoms. The van der Waals surface area contributed by atoms with Crippen molar-refractivity contribution in [3.63, 3.8) is 0 Å². The summed E-state index contributed by atoms with van der Waals surface area (Å²) in [5, 5.41) is 0.801. The van der Waals surface area contributed by atoms with Gasteiger partial charge in [0.2, 0.25) is 0 Å². The molecule has 0 aliphatic carbocycles. The summed E-state index contributed by atoms with van der Waals surface area (Å²) in [7, 11) is 0. The molecule has 2 N–H and O–H groups in total. The van der Waals surface area contributed by atoms with Crippen LogP contribution in [0.3, 0.4) is 0 Å². The first-order valence-electron chi connectivity index (χ1n) is 3.18. The minimum Gasteiger partial charge on any atom is -0.398 e. The van der Waals surface area contributed by atoms with Crippen molar-refractivity contribution in [2.24, 2.45) is 0 Å². The first kappa shape index (κ1) is 6.03. The topological polar surface area (TPSA) is 64.7 Å². The largest absolute Gasteiger partial charge is 0.398 e. The van der Waals surface area contributed by atoms with Crippen LogP contribution in [-0.4, -0.2) is 15.0 Å². The Kier molecular flexibility index (Phi) is 1.18. The normalized spacial score (nSPS) is 10.2. The predicted octanol–water partition coefficient (Wildman–Crippen LogP) is 0.607. The van der Waals surface area contributed by atoms with Crippen LogP contribution in [0.1, 0.15) is 0 Å². The Labute approximate surface area is 63.1 Å². The van der Waals surface area contributed by atoms with Crippen molar-refractivity contribution in [2.45, 2.75) is 0 Å². The Bertz CT molecular complexity index is 380. The van der Waals surface area contributed by atoms with E-state index in [0.29, 0.717) is 11.3 Å². The first-order chi connectivity index (χ1) is 5.38. The van der Waals surface area contributed by atoms with Crippen molar-refractivity contribution in [3.8, 4) is 0 Å². The Balaban J connectivity index is 2.91. The van der Waals surface area contributed by atoms with Crippen LogP contribution in [0.15, 0.2) is 24.8 Å². The number of rotatable bonds is 0. The molecule has 0 bridgehead atoms. The minimum atomic E-state index is 0.639. The molecule has 0 aliphatic rings. The quantitative estimate of drug-likeness (QED) is 0.591. The van der Waals surface area contributed by atoms with Gasteiger partial charge in [0, 0.05) is 18.1 Å². The summed E-state index contributed by atoms with van der Waals surface area (Å²) in [6, 6.07) is 1.73. The fourth-order valence-electron chi connectivity index (χ4n) is 0.908. The van der Waals surface area contributed by atoms with Gasteiger partial charge in [0.15, 0.2) is 5.65 Å². The van der Waals surface area contributed by atoms with Crippen molar-refractivity contribution < 1.29 is 0 Å². The monoisotopic (exact) mass is 146 g/mol. The van der Waals surface area contributed by atoms with Gasteiger partial charge in [-0.25, -0.2) is 15.0 Å². The van der Waals surface area contributed by atoms with Crippen molar-refractivity contribution >= 4 is 16.7 Å². The lowest BCUT2D eigenvalue weighted by atomic mass is 10.3. The van der Waals surface area contributed by atoms with Gasteiger partial charge in [-0.3, -0.25) is 0 Å². The van der Waals surface area contributed by atoms with E-state index in [0.717, 1.165) is 5.39 Å². The van der Waals surface area contributed by atoms with Crippen LogP contribution >= 0.6 is 0 Å². The maximum atomic E-state index is 5.64. The second-order valence-corrected chi connectivity index (χ2v) is 2.16. The smallest absolute Gasteiger partial charge is 0.164 e. The Morgan fingerprint density at radius 1 is 1.27 bits per heavy atom. The molecule has 2 rings (SSSR count). The van der Waals surface area contributed by atoms with Gasteiger partial charge in [0.1, 0.15) is 6.33 Å². The zero-order chi connectivity index (χ0) is 7.68. The summed E-state index contributed by atoms with van der Waals surface area (Å²) >= 11 is 0. The molecular weight excluding hydrogens is 140 g/mol. The van der Waals surface area contributed by atoms with Crippen LogP contribution in [0, 0.1) is 0 Å². The molecule has 0 unspecified atom stereocenters. The number of fused-ring (bicyclic) bond motifs is 1. The third-order valence-electron chi connectivity index (χ3n) is 1.45. The van der Waals surface area contributed by atoms with Crippen LogP contribution in [0.5, 0.6) is 0 Å². The summed E-state index contributed by atoms with van der Waals surface area (Å²) in [4.78, 5) is 11.8. The molecule has 0 amide bonds. The number of nitrogens with two attached hydrogens (primary N) is 1. The highest BCUT2D eigenvalue weighted by Gasteiger charge is 1.96. The van der Waals surface area contributed by atoms with Crippen LogP contribution in [0.25, 0.3) is 11.0 Å². The van der Waals surface area contributed by atoms with Gasteiger partial charge in [-0.2, -0.15) is 0 Å². The molecule has 2 aromatic heterocycles. The van der Waals surface area contributed by atoms with E-state index in [2.05, 4.69) is 15.0 Å². The molecule has 0 aliphatic heterocycles. The maximum absolute atomic E-state index is 5.64. The fraction of sp³-hybridized carbons (Fsp3) is 0. The third-order valence-corrected chi connectivity index (χ3v) is 1.45. The summed E-state index contributed by atoms with van der Waals surface area (Å²) in [5.41, 5.74) is 6.94. The van der Waals surface area contributed by atoms with Gasteiger partial charge in [-0.1, -0.05) is 0 Å². The van der Waals surface area contributed by atoms with E-state index in [9.17, 15) is 0 Å². The van der Waals surface area contributed by atoms with Crippen molar-refractivity contribution in [3.05, 3.63) is 24.8 Å². The SMILES string of the molecule is Nc1ccnc2ncncc12. The van der Waals surface area contributed by atoms with Crippen molar-refractivity contribution in [1.82, 2.24) is 15.0 Å². The highest BCUT2D eigenvalue weighted by Crippen LogP contribution is 2.13. The zero-order valence-corrected chi connectivity index (χ0v) is 5.73. The zero-order valence-electron chi connectivity index (χ0n) is 5.73. The Hall–Kier alpha value is -1.71. The molecule has 2 aromatic rings. The van der Waals surface area contributed by atoms with E-state index < -0.39 is 0 Å². The summed E-state index contributed by atoms with van der Waals surface area (Å²) in [6.45, 7) is 0. The van der Waals surface area contributed by atoms with E-state index in [1.165, 1.54) is 6.33 Å². The lowest BCUT2D eigenvalue weighted by Gasteiger charge is -1.96. The van der Waals surface area contributed by atoms with Crippen LogP contribution < -0.4 is 5.73 Å². The lowest BCUT2D eigenvalue weighted by Crippen LogP contribution is -1.90. The van der Waals surface area contributed by atoms with Gasteiger partial charge >= 0.3 is 0 Å². The number of hydrogen-bond acceptors (Lipinski definition) is 4. The maximum Gasteiger partial charge on any atom is 0.164 e. The number of nitrogen functional groups attached to an aromatic ring is 1. The van der Waals surface area contributed by atoms with Gasteiger partial charge in [-0.15, -0.1) is 0 Å². The molecule has 0 saturated heterocycles. The van der Waals surface area contributed by atoms with E-state index in [4.69, 9.17) is 5.73 Å². The van der Waals surface area contributed by atoms with Crippen LogP contribution in [-0.2, 0) is 0 Å². The molecular formula is C7H6N4. The van der Waals surface area contributed by atoms with E-state index in [-0.39, 0.29) is 0 Å². The molecule has 11 heavy (non-hydrogen) atoms. The van der Waals surface area contributed by atoms with Gasteiger partial charge in [0.25, 0.3) is 0 Å². The predicted molar refractivity (Wildman–Crippen MR) is 41.7 cm³/mol. The van der Waals surface area contributed by atoms with Gasteiger partial charge in [-0.05, 0) is 6.07 Å². The van der Waals surface area contributed by atoms with Crippen molar-refractivity contribution in [1.29, 1.82) is 0 Å². The Morgan fingerprint density at radius 2 is 2.18 bits per heavy atom. The second-order valence-electron chi connectivity index (χ2n) is 2.16. The molecule has 0 saturated carbocycles. The highest BCUT2D eigenvalue weighted by atomic mass is 14.9. The molecule has 54 valence electrons. The second kappa shape index (κ2) is 2.16. The van der Waals surface area contributed by atoms with Crippen LogP contribution in [0.2, 0.25) is 0 Å². The standard InChI is InChI=1S/C7H6N4/c8-6-1-2-10-7-5(6)3-9-4-11-7/h1-4H,(H2,8,9,10,11). The Morgan fingerprint density at radius 3 is 3.00 bits per heavy atom. The third kappa shape index (κ3) is 0.881. The number of aromatic nitrogens is 3. The van der Waals surface area contributed by atoms with E-state index >= 15 is 0 Å². The highest BCUT2D eigenvalue weighted by molar-refractivity contribution is 5.85. The molecule has 0 aromatic carbocycles. The average Bonchev–Trinajstić information content (AvgIpc) is 2.06. The van der Waals surface area contributed by atoms with Gasteiger partial charge < -0.3 is 5.73 Å². The molecule has 2 heterocycles. The summed E-state index contributed by atoms with van der Waals surface area (Å²) < 4.78 is 0. The molecule has 4 nitrogen and oxygen atoms in total. The van der Waals surface area contributed by atoms with Gasteiger partial charge in [0.05, 0.1) is 5.39 Å². The number of pyridine rings is 1. The number of nitrogens with zero attached hydrogens (tertiary/aromatic N) is 3. The van der Waals surface area contributed by atoms with E-state index in [1.54, 1.807) is 18.5 Å². The lowest BCUT2D eigenvalue weighted by molar-refractivity contribution is 1.18. The minimum absolute atomic E-state index is 0.639. The molecule has 0 spiro atoms. The summed E-state index contributed by atoms with van der Waals surface area (Å²) in [6.07, 6.45) is 4.74. The first-order valence-corrected chi connectivity index (χ1v) is 3.18. The fourth-order valence-corrected chi connectivity index (χ4v) is 0.908. The number of hydrogen-bond donors (Lipinski definition) is 1. The van der Waals surface area contributed by atoms with E-state index in [1.807, 2.05) is 0 Å². The molecule has 0 fully saturated rings. The van der Waals surface area contributed by atoms with Crippen LogP contribution in [0.4, 0.5) is 5.69 Å². The number of anilines is 1. The molecule has 0 atom stereocenters. The summed E-state index contributed by atoms with van der Waals surface area (Å²) in [5.74, 6) is 0. The molecule has 0 radical (unpaired) electrons. The van der Waals surface area contributed by atoms with Crippen molar-refractivity contribution in [2.75, 3.05) is 5.73 Å². The average molecular weight is 146 g/mol.